The Morgan fingerprint density at radius 1 is 0.467 bits per heavy atom. The van der Waals surface area contributed by atoms with Gasteiger partial charge in [-0.05, 0) is 18.6 Å². The molecule has 0 spiro atoms. The summed E-state index contributed by atoms with van der Waals surface area (Å²) in [7, 11) is 0. The van der Waals surface area contributed by atoms with Crippen LogP contribution in [0.15, 0.2) is 48.5 Å². The van der Waals surface area contributed by atoms with Crippen LogP contribution >= 0.6 is 0 Å². The van der Waals surface area contributed by atoms with Gasteiger partial charge in [-0.15, -0.1) is 0 Å². The third-order valence-corrected chi connectivity index (χ3v) is 6.67. The standard InChI is InChI=1S/C29H43N/c1-2-3-4-5-6-7-8-9-10-11-12-13-14-15-20-25-30-28-23-18-16-21-26(28)27-22-17-19-24-29(27)30/h16-19,21-24H,2-15,20,25H2,1H3. The van der Waals surface area contributed by atoms with Gasteiger partial charge in [0.15, 0.2) is 0 Å². The molecule has 0 saturated carbocycles. The number of aryl methyl sites for hydroxylation is 1. The van der Waals surface area contributed by atoms with Gasteiger partial charge in [0.25, 0.3) is 0 Å². The average Bonchev–Trinajstić information content (AvgIpc) is 3.10. The maximum Gasteiger partial charge on any atom is 0.0491 e. The number of para-hydroxylation sites is 2. The van der Waals surface area contributed by atoms with E-state index in [0.29, 0.717) is 0 Å². The molecule has 1 nitrogen and oxygen atoms in total. The molecule has 30 heavy (non-hydrogen) atoms. The summed E-state index contributed by atoms with van der Waals surface area (Å²) in [5.74, 6) is 0. The lowest BCUT2D eigenvalue weighted by Gasteiger charge is -2.07. The normalized spacial score (nSPS) is 11.6. The Morgan fingerprint density at radius 3 is 1.27 bits per heavy atom. The summed E-state index contributed by atoms with van der Waals surface area (Å²) in [6.45, 7) is 3.44. The van der Waals surface area contributed by atoms with Crippen LogP contribution in [-0.2, 0) is 6.54 Å². The van der Waals surface area contributed by atoms with Crippen LogP contribution in [-0.4, -0.2) is 4.57 Å². The van der Waals surface area contributed by atoms with E-state index in [1.54, 1.807) is 0 Å². The zero-order valence-corrected chi connectivity index (χ0v) is 19.4. The minimum atomic E-state index is 1.15. The van der Waals surface area contributed by atoms with Crippen molar-refractivity contribution in [3.63, 3.8) is 0 Å². The molecule has 1 aromatic heterocycles. The SMILES string of the molecule is CCCCCCCCCCCCCCCCCn1c2ccccc2c2ccccc21. The second kappa shape index (κ2) is 13.5. The zero-order valence-electron chi connectivity index (χ0n) is 19.4. The molecule has 2 aromatic carbocycles. The van der Waals surface area contributed by atoms with Gasteiger partial charge in [0.05, 0.1) is 0 Å². The van der Waals surface area contributed by atoms with Gasteiger partial charge in [-0.3, -0.25) is 0 Å². The smallest absolute Gasteiger partial charge is 0.0491 e. The van der Waals surface area contributed by atoms with Gasteiger partial charge in [-0.2, -0.15) is 0 Å². The maximum absolute atomic E-state index is 2.53. The van der Waals surface area contributed by atoms with Crippen LogP contribution < -0.4 is 0 Å². The lowest BCUT2D eigenvalue weighted by molar-refractivity contribution is 0.526. The second-order valence-electron chi connectivity index (χ2n) is 9.14. The highest BCUT2D eigenvalue weighted by atomic mass is 15.0. The molecule has 0 aliphatic heterocycles. The van der Waals surface area contributed by atoms with E-state index in [-0.39, 0.29) is 0 Å². The highest BCUT2D eigenvalue weighted by molar-refractivity contribution is 6.07. The predicted octanol–water partition coefficient (Wildman–Crippen LogP) is 9.67. The van der Waals surface area contributed by atoms with Gasteiger partial charge in [0, 0.05) is 28.4 Å². The van der Waals surface area contributed by atoms with Crippen LogP contribution in [0.25, 0.3) is 21.8 Å². The minimum absolute atomic E-state index is 1.15. The topological polar surface area (TPSA) is 4.93 Å². The lowest BCUT2D eigenvalue weighted by Crippen LogP contribution is -1.97. The number of nitrogens with zero attached hydrogens (tertiary/aromatic N) is 1. The first kappa shape index (κ1) is 22.9. The third kappa shape index (κ3) is 6.89. The van der Waals surface area contributed by atoms with Gasteiger partial charge in [0.2, 0.25) is 0 Å². The Balaban J connectivity index is 1.24. The van der Waals surface area contributed by atoms with E-state index >= 15 is 0 Å². The average molecular weight is 406 g/mol. The van der Waals surface area contributed by atoms with Crippen molar-refractivity contribution < 1.29 is 0 Å². The van der Waals surface area contributed by atoms with E-state index in [0.717, 1.165) is 6.54 Å². The Bertz CT molecular complexity index is 791. The molecule has 0 atom stereocenters. The maximum atomic E-state index is 2.53. The molecular formula is C29H43N. The third-order valence-electron chi connectivity index (χ3n) is 6.67. The number of benzene rings is 2. The Labute approximate surface area is 184 Å². The van der Waals surface area contributed by atoms with Crippen molar-refractivity contribution in [2.24, 2.45) is 0 Å². The van der Waals surface area contributed by atoms with Crippen LogP contribution in [0.1, 0.15) is 103 Å². The molecule has 0 unspecified atom stereocenters. The van der Waals surface area contributed by atoms with E-state index in [1.807, 2.05) is 0 Å². The summed E-state index contributed by atoms with van der Waals surface area (Å²) in [6, 6.07) is 17.7. The summed E-state index contributed by atoms with van der Waals surface area (Å²) in [5, 5.41) is 2.79. The Hall–Kier alpha value is -1.76. The monoisotopic (exact) mass is 405 g/mol. The number of unbranched alkanes of at least 4 members (excludes halogenated alkanes) is 14. The number of aromatic nitrogens is 1. The molecule has 0 radical (unpaired) electrons. The van der Waals surface area contributed by atoms with E-state index in [9.17, 15) is 0 Å². The molecule has 0 amide bonds. The molecule has 1 heterocycles. The molecule has 164 valence electrons. The molecule has 0 N–H and O–H groups in total. The molecule has 0 aliphatic carbocycles. The van der Waals surface area contributed by atoms with Crippen molar-refractivity contribution in [2.45, 2.75) is 110 Å². The predicted molar refractivity (Wildman–Crippen MR) is 134 cm³/mol. The molecule has 0 saturated heterocycles. The highest BCUT2D eigenvalue weighted by Crippen LogP contribution is 2.29. The first-order chi connectivity index (χ1) is 14.9. The molecule has 0 fully saturated rings. The Kier molecular flexibility index (Phi) is 10.3. The van der Waals surface area contributed by atoms with Crippen molar-refractivity contribution in [1.29, 1.82) is 0 Å². The highest BCUT2D eigenvalue weighted by Gasteiger charge is 2.08. The van der Waals surface area contributed by atoms with E-state index in [1.165, 1.54) is 118 Å². The summed E-state index contributed by atoms with van der Waals surface area (Å²) in [4.78, 5) is 0. The van der Waals surface area contributed by atoms with E-state index < -0.39 is 0 Å². The van der Waals surface area contributed by atoms with Gasteiger partial charge in [-0.1, -0.05) is 133 Å². The number of rotatable bonds is 16. The molecular weight excluding hydrogens is 362 g/mol. The quantitative estimate of drug-likeness (QED) is 0.209. The fourth-order valence-corrected chi connectivity index (χ4v) is 4.89. The summed E-state index contributed by atoms with van der Waals surface area (Å²) < 4.78 is 2.53. The van der Waals surface area contributed by atoms with E-state index in [4.69, 9.17) is 0 Å². The molecule has 3 aromatic rings. The molecule has 0 bridgehead atoms. The Morgan fingerprint density at radius 2 is 0.833 bits per heavy atom. The summed E-state index contributed by atoms with van der Waals surface area (Å²) in [6.07, 6.45) is 21.4. The summed E-state index contributed by atoms with van der Waals surface area (Å²) >= 11 is 0. The minimum Gasteiger partial charge on any atom is -0.340 e. The fourth-order valence-electron chi connectivity index (χ4n) is 4.89. The van der Waals surface area contributed by atoms with Crippen molar-refractivity contribution >= 4 is 21.8 Å². The van der Waals surface area contributed by atoms with Crippen LogP contribution in [0.3, 0.4) is 0 Å². The molecule has 1 heteroatoms. The fraction of sp³-hybridized carbons (Fsp3) is 0.586. The largest absolute Gasteiger partial charge is 0.340 e. The second-order valence-corrected chi connectivity index (χ2v) is 9.14. The lowest BCUT2D eigenvalue weighted by atomic mass is 10.0. The first-order valence-corrected chi connectivity index (χ1v) is 12.9. The van der Waals surface area contributed by atoms with Crippen LogP contribution in [0.2, 0.25) is 0 Å². The van der Waals surface area contributed by atoms with Gasteiger partial charge in [0.1, 0.15) is 0 Å². The van der Waals surface area contributed by atoms with Crippen LogP contribution in [0.4, 0.5) is 0 Å². The van der Waals surface area contributed by atoms with Crippen molar-refractivity contribution in [1.82, 2.24) is 4.57 Å². The van der Waals surface area contributed by atoms with Crippen molar-refractivity contribution in [3.05, 3.63) is 48.5 Å². The van der Waals surface area contributed by atoms with E-state index in [2.05, 4.69) is 60.0 Å². The molecule has 3 rings (SSSR count). The van der Waals surface area contributed by atoms with Crippen molar-refractivity contribution in [2.75, 3.05) is 0 Å². The summed E-state index contributed by atoms with van der Waals surface area (Å²) in [5.41, 5.74) is 2.79. The first-order valence-electron chi connectivity index (χ1n) is 12.9. The zero-order chi connectivity index (χ0) is 20.9. The van der Waals surface area contributed by atoms with Crippen LogP contribution in [0.5, 0.6) is 0 Å². The number of hydrogen-bond acceptors (Lipinski definition) is 0. The van der Waals surface area contributed by atoms with Crippen LogP contribution in [0, 0.1) is 0 Å². The molecule has 0 aliphatic rings. The number of hydrogen-bond donors (Lipinski definition) is 0. The van der Waals surface area contributed by atoms with Gasteiger partial charge in [-0.25, -0.2) is 0 Å². The van der Waals surface area contributed by atoms with Gasteiger partial charge < -0.3 is 4.57 Å². The van der Waals surface area contributed by atoms with Crippen molar-refractivity contribution in [3.8, 4) is 0 Å². The van der Waals surface area contributed by atoms with Gasteiger partial charge >= 0.3 is 0 Å². The number of fused-ring (bicyclic) bond motifs is 3.